The van der Waals surface area contributed by atoms with E-state index in [2.05, 4.69) is 15.3 Å². The van der Waals surface area contributed by atoms with Gasteiger partial charge in [0.1, 0.15) is 5.41 Å². The van der Waals surface area contributed by atoms with E-state index in [9.17, 15) is 9.59 Å². The lowest BCUT2D eigenvalue weighted by Crippen LogP contribution is -2.43. The van der Waals surface area contributed by atoms with Gasteiger partial charge in [-0.3, -0.25) is 19.6 Å². The first-order valence-corrected chi connectivity index (χ1v) is 11.8. The van der Waals surface area contributed by atoms with Crippen molar-refractivity contribution in [3.05, 3.63) is 65.5 Å². The van der Waals surface area contributed by atoms with Crippen molar-refractivity contribution < 1.29 is 15.3 Å². The summed E-state index contributed by atoms with van der Waals surface area (Å²) in [6.07, 6.45) is 0.911. The molecular formula is C28H39N5O2. The van der Waals surface area contributed by atoms with Crippen LogP contribution in [0.1, 0.15) is 49.3 Å². The molecule has 4 rings (SSSR count). The number of nitrogen functional groups attached to an aromatic ring is 2. The van der Waals surface area contributed by atoms with Crippen LogP contribution in [0.4, 0.5) is 17.1 Å². The lowest BCUT2D eigenvalue weighted by molar-refractivity contribution is -0.139. The van der Waals surface area contributed by atoms with Gasteiger partial charge in [0, 0.05) is 51.3 Å². The summed E-state index contributed by atoms with van der Waals surface area (Å²) >= 11 is 0. The van der Waals surface area contributed by atoms with E-state index in [0.717, 1.165) is 38.8 Å². The second-order valence-corrected chi connectivity index (χ2v) is 9.13. The molecule has 0 spiro atoms. The van der Waals surface area contributed by atoms with E-state index >= 15 is 0 Å². The number of carbonyl (C=O) groups is 2. The smallest absolute Gasteiger partial charge is 0.238 e. The van der Waals surface area contributed by atoms with Gasteiger partial charge in [-0.15, -0.1) is 0 Å². The molecule has 0 saturated carbocycles. The number of aryl methyl sites for hydroxylation is 2. The average Bonchev–Trinajstić information content (AvgIpc) is 2.81. The maximum Gasteiger partial charge on any atom is 0.238 e. The molecule has 0 atom stereocenters. The normalized spacial score (nSPS) is 11.7. The summed E-state index contributed by atoms with van der Waals surface area (Å²) in [6.45, 7) is 7.52. The Labute approximate surface area is 210 Å². The number of hydrogen-bond donors (Lipinski definition) is 3. The van der Waals surface area contributed by atoms with Crippen LogP contribution in [0.5, 0.6) is 0 Å². The molecule has 35 heavy (non-hydrogen) atoms. The van der Waals surface area contributed by atoms with Crippen molar-refractivity contribution in [3.8, 4) is 0 Å². The van der Waals surface area contributed by atoms with Gasteiger partial charge in [0.05, 0.1) is 11.0 Å². The molecule has 2 aromatic heterocycles. The van der Waals surface area contributed by atoms with Crippen molar-refractivity contribution >= 4 is 50.6 Å². The molecule has 2 aromatic carbocycles. The summed E-state index contributed by atoms with van der Waals surface area (Å²) in [5, 5.41) is 4.52. The predicted octanol–water partition coefficient (Wildman–Crippen LogP) is 6.10. The average molecular weight is 478 g/mol. The summed E-state index contributed by atoms with van der Waals surface area (Å²) in [6, 6.07) is 14.7. The molecule has 0 radical (unpaired) electrons. The standard InChI is InChI=1S/C28H31N5O2.4H2/c1-5-28(6-2,26(34)14-18-7-9-24-20(13-18)22(29)11-16(3)31-24)27(35)33-19-8-10-25-21(15-19)23(30)12-17(4)32-25;;;;/h7-13,15H,5-6,14H2,1-4H3,(H2,29,31)(H2,30,32)(H,33,35);4*1H. The van der Waals surface area contributed by atoms with Gasteiger partial charge in [-0.25, -0.2) is 0 Å². The molecule has 0 fully saturated rings. The minimum atomic E-state index is -1.15. The molecule has 7 heteroatoms. The highest BCUT2D eigenvalue weighted by atomic mass is 16.2. The summed E-state index contributed by atoms with van der Waals surface area (Å²) in [7, 11) is 0. The van der Waals surface area contributed by atoms with Gasteiger partial charge < -0.3 is 16.8 Å². The van der Waals surface area contributed by atoms with E-state index in [1.54, 1.807) is 18.2 Å². The number of nitrogens with zero attached hydrogens (tertiary/aromatic N) is 2. The molecule has 0 aliphatic carbocycles. The zero-order chi connectivity index (χ0) is 25.3. The number of pyridine rings is 2. The zero-order valence-electron chi connectivity index (χ0n) is 20.6. The van der Waals surface area contributed by atoms with Gasteiger partial charge in [0.2, 0.25) is 5.91 Å². The topological polar surface area (TPSA) is 124 Å². The van der Waals surface area contributed by atoms with Crippen LogP contribution < -0.4 is 16.8 Å². The highest BCUT2D eigenvalue weighted by Crippen LogP contribution is 2.33. The Kier molecular flexibility index (Phi) is 6.43. The SMILES string of the molecule is CCC(CC)(C(=O)Cc1ccc2nc(C)cc(N)c2c1)C(=O)Nc1ccc2nc(C)cc(N)c2c1.[HH].[HH].[HH].[HH]. The summed E-state index contributed by atoms with van der Waals surface area (Å²) < 4.78 is 0. The highest BCUT2D eigenvalue weighted by molar-refractivity contribution is 6.12. The van der Waals surface area contributed by atoms with E-state index in [0.29, 0.717) is 29.9 Å². The number of anilines is 3. The fourth-order valence-corrected chi connectivity index (χ4v) is 4.71. The minimum Gasteiger partial charge on any atom is -0.398 e. The van der Waals surface area contributed by atoms with Crippen molar-refractivity contribution in [3.63, 3.8) is 0 Å². The molecule has 0 saturated heterocycles. The van der Waals surface area contributed by atoms with E-state index < -0.39 is 5.41 Å². The molecule has 2 heterocycles. The van der Waals surface area contributed by atoms with Gasteiger partial charge in [-0.05, 0) is 74.7 Å². The Morgan fingerprint density at radius 1 is 0.857 bits per heavy atom. The number of nitrogens with two attached hydrogens (primary N) is 2. The molecule has 1 amide bonds. The number of aromatic nitrogens is 2. The van der Waals surface area contributed by atoms with Crippen molar-refractivity contribution in [2.75, 3.05) is 16.8 Å². The number of benzene rings is 2. The number of fused-ring (bicyclic) bond motifs is 2. The van der Waals surface area contributed by atoms with Crippen molar-refractivity contribution in [1.82, 2.24) is 9.97 Å². The number of Topliss-reactive ketones (excluding diaryl/α,β-unsaturated/α-hetero) is 1. The monoisotopic (exact) mass is 477 g/mol. The van der Waals surface area contributed by atoms with Crippen LogP contribution >= 0.6 is 0 Å². The van der Waals surface area contributed by atoms with Crippen molar-refractivity contribution in [2.24, 2.45) is 5.41 Å². The predicted molar refractivity (Wildman–Crippen MR) is 151 cm³/mol. The van der Waals surface area contributed by atoms with E-state index in [1.165, 1.54) is 0 Å². The van der Waals surface area contributed by atoms with E-state index in [-0.39, 0.29) is 23.8 Å². The van der Waals surface area contributed by atoms with Crippen LogP contribution in [0, 0.1) is 19.3 Å². The molecular weight excluding hydrogens is 438 g/mol. The molecule has 0 unspecified atom stereocenters. The summed E-state index contributed by atoms with van der Waals surface area (Å²) in [5.41, 5.74) is 17.0. The van der Waals surface area contributed by atoms with Gasteiger partial charge in [0.25, 0.3) is 0 Å². The van der Waals surface area contributed by atoms with Crippen LogP contribution in [0.15, 0.2) is 48.5 Å². The molecule has 5 N–H and O–H groups in total. The number of ketones is 1. The molecule has 0 aliphatic rings. The summed E-state index contributed by atoms with van der Waals surface area (Å²) in [4.78, 5) is 36.1. The number of rotatable bonds is 7. The molecule has 0 aliphatic heterocycles. The molecule has 7 nitrogen and oxygen atoms in total. The lowest BCUT2D eigenvalue weighted by Gasteiger charge is -2.29. The third-order valence-corrected chi connectivity index (χ3v) is 6.80. The Bertz CT molecular complexity index is 1370. The quantitative estimate of drug-likeness (QED) is 0.276. The second-order valence-electron chi connectivity index (χ2n) is 9.13. The van der Waals surface area contributed by atoms with Crippen LogP contribution in [0.2, 0.25) is 0 Å². The second kappa shape index (κ2) is 9.33. The molecule has 0 bridgehead atoms. The van der Waals surface area contributed by atoms with Crippen molar-refractivity contribution in [2.45, 2.75) is 47.0 Å². The zero-order valence-corrected chi connectivity index (χ0v) is 20.6. The van der Waals surface area contributed by atoms with Crippen LogP contribution in [0.25, 0.3) is 21.8 Å². The number of hydrogen-bond acceptors (Lipinski definition) is 6. The first-order valence-electron chi connectivity index (χ1n) is 11.8. The van der Waals surface area contributed by atoms with E-state index in [4.69, 9.17) is 11.5 Å². The third-order valence-electron chi connectivity index (χ3n) is 6.80. The van der Waals surface area contributed by atoms with Gasteiger partial charge in [-0.2, -0.15) is 0 Å². The Balaban J connectivity index is 0.00000361. The largest absolute Gasteiger partial charge is 0.398 e. The summed E-state index contributed by atoms with van der Waals surface area (Å²) in [5.74, 6) is -0.446. The van der Waals surface area contributed by atoms with Gasteiger partial charge in [0.15, 0.2) is 5.78 Å². The van der Waals surface area contributed by atoms with Crippen LogP contribution in [-0.4, -0.2) is 21.7 Å². The third kappa shape index (κ3) is 4.54. The van der Waals surface area contributed by atoms with Gasteiger partial charge in [-0.1, -0.05) is 19.9 Å². The fourth-order valence-electron chi connectivity index (χ4n) is 4.71. The maximum absolute atomic E-state index is 13.6. The van der Waals surface area contributed by atoms with E-state index in [1.807, 2.05) is 58.0 Å². The Hall–Kier alpha value is -4.00. The fraction of sp³-hybridized carbons (Fsp3) is 0.286. The van der Waals surface area contributed by atoms with Crippen molar-refractivity contribution in [1.29, 1.82) is 0 Å². The van der Waals surface area contributed by atoms with Crippen LogP contribution in [0.3, 0.4) is 0 Å². The Morgan fingerprint density at radius 2 is 1.40 bits per heavy atom. The number of nitrogens with one attached hydrogen (secondary N) is 1. The Morgan fingerprint density at radius 3 is 1.97 bits per heavy atom. The minimum absolute atomic E-state index is 0. The lowest BCUT2D eigenvalue weighted by atomic mass is 9.75. The van der Waals surface area contributed by atoms with Gasteiger partial charge >= 0.3 is 0 Å². The first-order chi connectivity index (χ1) is 16.7. The first kappa shape index (κ1) is 24.1. The van der Waals surface area contributed by atoms with Crippen LogP contribution in [-0.2, 0) is 16.0 Å². The molecule has 188 valence electrons. The maximum atomic E-state index is 13.6. The number of amides is 1. The molecule has 4 aromatic rings. The number of carbonyl (C=O) groups excluding carboxylic acids is 2. The highest BCUT2D eigenvalue weighted by Gasteiger charge is 2.42.